The van der Waals surface area contributed by atoms with Crippen LogP contribution >= 0.6 is 0 Å². The third-order valence-corrected chi connectivity index (χ3v) is 2.30. The van der Waals surface area contributed by atoms with Crippen molar-refractivity contribution >= 4 is 0 Å². The van der Waals surface area contributed by atoms with Crippen molar-refractivity contribution in [1.82, 2.24) is 0 Å². The van der Waals surface area contributed by atoms with E-state index in [2.05, 4.69) is 12.2 Å². The standard InChI is InChI=1S/C10H14O2/c1-2-6-10-9(5-1)11-7-3-4-8-12-10/h1-4,9-10H,5-8H2/b4-3-/t9-,10-/m1/s1. The molecule has 1 aliphatic carbocycles. The highest BCUT2D eigenvalue weighted by Gasteiger charge is 2.23. The fraction of sp³-hybridized carbons (Fsp3) is 0.600. The van der Waals surface area contributed by atoms with Gasteiger partial charge >= 0.3 is 0 Å². The molecule has 0 unspecified atom stereocenters. The number of rotatable bonds is 0. The summed E-state index contributed by atoms with van der Waals surface area (Å²) in [4.78, 5) is 0. The van der Waals surface area contributed by atoms with Gasteiger partial charge in [-0.3, -0.25) is 0 Å². The molecule has 0 fully saturated rings. The summed E-state index contributed by atoms with van der Waals surface area (Å²) in [5.41, 5.74) is 0. The molecule has 0 saturated heterocycles. The van der Waals surface area contributed by atoms with Crippen LogP contribution in [0.15, 0.2) is 24.3 Å². The van der Waals surface area contributed by atoms with Crippen LogP contribution < -0.4 is 0 Å². The maximum absolute atomic E-state index is 5.62. The summed E-state index contributed by atoms with van der Waals surface area (Å²) >= 11 is 0. The first-order valence-electron chi connectivity index (χ1n) is 4.50. The van der Waals surface area contributed by atoms with Crippen molar-refractivity contribution in [1.29, 1.82) is 0 Å². The molecular weight excluding hydrogens is 152 g/mol. The van der Waals surface area contributed by atoms with E-state index < -0.39 is 0 Å². The van der Waals surface area contributed by atoms with Crippen LogP contribution in [0.4, 0.5) is 0 Å². The number of fused-ring (bicyclic) bond motifs is 1. The van der Waals surface area contributed by atoms with Gasteiger partial charge in [0, 0.05) is 0 Å². The van der Waals surface area contributed by atoms with Crippen LogP contribution in [-0.2, 0) is 9.47 Å². The molecule has 0 saturated carbocycles. The van der Waals surface area contributed by atoms with Gasteiger partial charge in [0.25, 0.3) is 0 Å². The second-order valence-corrected chi connectivity index (χ2v) is 3.16. The number of hydrogen-bond donors (Lipinski definition) is 0. The zero-order chi connectivity index (χ0) is 8.23. The molecule has 2 rings (SSSR count). The molecular formula is C10H14O2. The number of ether oxygens (including phenoxy) is 2. The van der Waals surface area contributed by atoms with Gasteiger partial charge in [-0.15, -0.1) is 0 Å². The van der Waals surface area contributed by atoms with E-state index in [1.165, 1.54) is 0 Å². The molecule has 2 aliphatic rings. The summed E-state index contributed by atoms with van der Waals surface area (Å²) in [6.45, 7) is 1.47. The van der Waals surface area contributed by atoms with Gasteiger partial charge in [0.05, 0.1) is 25.4 Å². The molecule has 12 heavy (non-hydrogen) atoms. The Bertz CT molecular complexity index is 174. The summed E-state index contributed by atoms with van der Waals surface area (Å²) in [6.07, 6.45) is 11.0. The Morgan fingerprint density at radius 3 is 1.75 bits per heavy atom. The predicted octanol–water partition coefficient (Wildman–Crippen LogP) is 1.68. The Hall–Kier alpha value is -0.600. The highest BCUT2D eigenvalue weighted by atomic mass is 16.5. The fourth-order valence-corrected chi connectivity index (χ4v) is 1.61. The molecule has 2 nitrogen and oxygen atoms in total. The topological polar surface area (TPSA) is 18.5 Å². The Morgan fingerprint density at radius 1 is 0.750 bits per heavy atom. The molecule has 0 spiro atoms. The van der Waals surface area contributed by atoms with Gasteiger partial charge < -0.3 is 9.47 Å². The third-order valence-electron chi connectivity index (χ3n) is 2.30. The van der Waals surface area contributed by atoms with E-state index in [1.807, 2.05) is 12.2 Å². The second-order valence-electron chi connectivity index (χ2n) is 3.16. The van der Waals surface area contributed by atoms with Gasteiger partial charge in [-0.25, -0.2) is 0 Å². The van der Waals surface area contributed by atoms with Crippen molar-refractivity contribution in [3.05, 3.63) is 24.3 Å². The molecule has 1 aliphatic heterocycles. The maximum atomic E-state index is 5.62. The first kappa shape index (κ1) is 8.02. The van der Waals surface area contributed by atoms with Gasteiger partial charge in [0.2, 0.25) is 0 Å². The lowest BCUT2D eigenvalue weighted by Gasteiger charge is -2.29. The molecule has 2 atom stereocenters. The first-order chi connectivity index (χ1) is 5.97. The summed E-state index contributed by atoms with van der Waals surface area (Å²) in [5.74, 6) is 0. The lowest BCUT2D eigenvalue weighted by atomic mass is 10.0. The van der Waals surface area contributed by atoms with Crippen LogP contribution in [0.1, 0.15) is 12.8 Å². The highest BCUT2D eigenvalue weighted by Crippen LogP contribution is 2.19. The lowest BCUT2D eigenvalue weighted by molar-refractivity contribution is -0.0631. The first-order valence-corrected chi connectivity index (χ1v) is 4.50. The van der Waals surface area contributed by atoms with Crippen molar-refractivity contribution in [2.75, 3.05) is 13.2 Å². The van der Waals surface area contributed by atoms with Crippen molar-refractivity contribution in [2.24, 2.45) is 0 Å². The third kappa shape index (κ3) is 1.76. The van der Waals surface area contributed by atoms with Gasteiger partial charge in [-0.1, -0.05) is 24.3 Å². The van der Waals surface area contributed by atoms with E-state index in [-0.39, 0.29) is 12.2 Å². The molecule has 0 aromatic heterocycles. The van der Waals surface area contributed by atoms with Crippen LogP contribution in [-0.4, -0.2) is 25.4 Å². The smallest absolute Gasteiger partial charge is 0.0878 e. The Kier molecular flexibility index (Phi) is 2.59. The quantitative estimate of drug-likeness (QED) is 0.510. The van der Waals surface area contributed by atoms with E-state index in [0.29, 0.717) is 0 Å². The van der Waals surface area contributed by atoms with Crippen molar-refractivity contribution in [3.8, 4) is 0 Å². The summed E-state index contributed by atoms with van der Waals surface area (Å²) in [6, 6.07) is 0. The molecule has 1 heterocycles. The lowest BCUT2D eigenvalue weighted by Crippen LogP contribution is -2.34. The molecule has 0 aromatic rings. The molecule has 0 amide bonds. The van der Waals surface area contributed by atoms with Crippen LogP contribution in [0.2, 0.25) is 0 Å². The molecule has 0 N–H and O–H groups in total. The second kappa shape index (κ2) is 3.87. The highest BCUT2D eigenvalue weighted by molar-refractivity contribution is 4.98. The Labute approximate surface area is 72.9 Å². The zero-order valence-electron chi connectivity index (χ0n) is 7.11. The zero-order valence-corrected chi connectivity index (χ0v) is 7.11. The SMILES string of the molecule is C1=CC[C@H]2OC/C=C\CO[C@@H]2C1. The van der Waals surface area contributed by atoms with E-state index in [4.69, 9.17) is 9.47 Å². The Balaban J connectivity index is 2.01. The van der Waals surface area contributed by atoms with Crippen molar-refractivity contribution in [3.63, 3.8) is 0 Å². The molecule has 66 valence electrons. The van der Waals surface area contributed by atoms with E-state index in [1.54, 1.807) is 0 Å². The van der Waals surface area contributed by atoms with Crippen molar-refractivity contribution in [2.45, 2.75) is 25.0 Å². The maximum Gasteiger partial charge on any atom is 0.0878 e. The normalized spacial score (nSPS) is 38.0. The van der Waals surface area contributed by atoms with Gasteiger partial charge in [-0.05, 0) is 12.8 Å². The summed E-state index contributed by atoms with van der Waals surface area (Å²) in [5, 5.41) is 0. The minimum atomic E-state index is 0.278. The van der Waals surface area contributed by atoms with Crippen LogP contribution in [0, 0.1) is 0 Å². The monoisotopic (exact) mass is 166 g/mol. The Morgan fingerprint density at radius 2 is 1.25 bits per heavy atom. The average Bonchev–Trinajstić information content (AvgIpc) is 2.06. The van der Waals surface area contributed by atoms with Gasteiger partial charge in [0.1, 0.15) is 0 Å². The van der Waals surface area contributed by atoms with Crippen LogP contribution in [0.25, 0.3) is 0 Å². The molecule has 2 heteroatoms. The van der Waals surface area contributed by atoms with Crippen LogP contribution in [0.5, 0.6) is 0 Å². The van der Waals surface area contributed by atoms with Crippen molar-refractivity contribution < 1.29 is 9.47 Å². The number of hydrogen-bond acceptors (Lipinski definition) is 2. The van der Waals surface area contributed by atoms with E-state index in [0.717, 1.165) is 26.1 Å². The van der Waals surface area contributed by atoms with E-state index >= 15 is 0 Å². The molecule has 0 bridgehead atoms. The minimum Gasteiger partial charge on any atom is -0.371 e. The average molecular weight is 166 g/mol. The summed E-state index contributed by atoms with van der Waals surface area (Å²) in [7, 11) is 0. The summed E-state index contributed by atoms with van der Waals surface area (Å²) < 4.78 is 11.2. The molecule has 0 aromatic carbocycles. The fourth-order valence-electron chi connectivity index (χ4n) is 1.61. The predicted molar refractivity (Wildman–Crippen MR) is 47.0 cm³/mol. The van der Waals surface area contributed by atoms with E-state index in [9.17, 15) is 0 Å². The van der Waals surface area contributed by atoms with Crippen LogP contribution in [0.3, 0.4) is 0 Å². The minimum absolute atomic E-state index is 0.278. The van der Waals surface area contributed by atoms with Gasteiger partial charge in [-0.2, -0.15) is 0 Å². The molecule has 0 radical (unpaired) electrons. The largest absolute Gasteiger partial charge is 0.371 e. The van der Waals surface area contributed by atoms with Gasteiger partial charge in [0.15, 0.2) is 0 Å².